The molecule has 1 amide bonds. The molecule has 1 fully saturated rings. The molecule has 6 nitrogen and oxygen atoms in total. The minimum absolute atomic E-state index is 0.148. The highest BCUT2D eigenvalue weighted by Gasteiger charge is 2.23. The number of hydrogen-bond acceptors (Lipinski definition) is 6. The van der Waals surface area contributed by atoms with Gasteiger partial charge in [-0.15, -0.1) is 11.3 Å². The third kappa shape index (κ3) is 2.79. The van der Waals surface area contributed by atoms with E-state index >= 15 is 0 Å². The summed E-state index contributed by atoms with van der Waals surface area (Å²) in [7, 11) is 0. The maximum atomic E-state index is 12.3. The monoisotopic (exact) mass is 328 g/mol. The van der Waals surface area contributed by atoms with Crippen LogP contribution in [0.1, 0.15) is 5.56 Å². The molecule has 4 heterocycles. The number of furan rings is 1. The zero-order valence-electron chi connectivity index (χ0n) is 12.5. The molecule has 0 aliphatic carbocycles. The summed E-state index contributed by atoms with van der Waals surface area (Å²) in [6.45, 7) is 3.02. The number of aromatic nitrogens is 2. The zero-order chi connectivity index (χ0) is 15.6. The Morgan fingerprint density at radius 2 is 2.09 bits per heavy atom. The number of hydrogen-bond donors (Lipinski definition) is 0. The van der Waals surface area contributed by atoms with E-state index in [-0.39, 0.29) is 5.91 Å². The summed E-state index contributed by atoms with van der Waals surface area (Å²) in [5.74, 6) is 1.13. The number of rotatable bonds is 3. The molecular weight excluding hydrogens is 312 g/mol. The van der Waals surface area contributed by atoms with Crippen LogP contribution in [-0.4, -0.2) is 47.0 Å². The number of fused-ring (bicyclic) bond motifs is 1. The summed E-state index contributed by atoms with van der Waals surface area (Å²) in [6, 6.07) is 3.85. The SMILES string of the molecule is O=C(Cc1ccoc1)N1CCN(c2ncnc3ccsc23)CC1. The molecule has 3 aromatic heterocycles. The predicted octanol–water partition coefficient (Wildman–Crippen LogP) is 2.18. The van der Waals surface area contributed by atoms with Gasteiger partial charge in [-0.25, -0.2) is 9.97 Å². The molecule has 1 aliphatic rings. The standard InChI is InChI=1S/C16H16N4O2S/c21-14(9-12-1-7-22-10-12)19-3-5-20(6-4-19)16-15-13(2-8-23-15)17-11-18-16/h1-2,7-8,10-11H,3-6,9H2. The lowest BCUT2D eigenvalue weighted by Crippen LogP contribution is -2.49. The topological polar surface area (TPSA) is 62.5 Å². The summed E-state index contributed by atoms with van der Waals surface area (Å²) in [5.41, 5.74) is 1.91. The van der Waals surface area contributed by atoms with Crippen molar-refractivity contribution in [2.75, 3.05) is 31.1 Å². The van der Waals surface area contributed by atoms with Crippen LogP contribution in [0.5, 0.6) is 0 Å². The molecule has 0 unspecified atom stereocenters. The van der Waals surface area contributed by atoms with Crippen LogP contribution in [0, 0.1) is 0 Å². The third-order valence-electron chi connectivity index (χ3n) is 4.09. The molecule has 0 bridgehead atoms. The Morgan fingerprint density at radius 1 is 1.22 bits per heavy atom. The minimum Gasteiger partial charge on any atom is -0.472 e. The van der Waals surface area contributed by atoms with Crippen molar-refractivity contribution in [2.45, 2.75) is 6.42 Å². The van der Waals surface area contributed by atoms with Gasteiger partial charge >= 0.3 is 0 Å². The Balaban J connectivity index is 1.43. The first kappa shape index (κ1) is 14.2. The number of nitrogens with zero attached hydrogens (tertiary/aromatic N) is 4. The lowest BCUT2D eigenvalue weighted by atomic mass is 10.2. The zero-order valence-corrected chi connectivity index (χ0v) is 13.3. The normalized spacial score (nSPS) is 15.3. The minimum atomic E-state index is 0.148. The fourth-order valence-electron chi connectivity index (χ4n) is 2.85. The summed E-state index contributed by atoms with van der Waals surface area (Å²) in [4.78, 5) is 25.2. The van der Waals surface area contributed by atoms with Crippen LogP contribution < -0.4 is 4.90 Å². The summed E-state index contributed by atoms with van der Waals surface area (Å²) in [5, 5.41) is 2.04. The van der Waals surface area contributed by atoms with Crippen LogP contribution in [0.2, 0.25) is 0 Å². The van der Waals surface area contributed by atoms with E-state index in [0.717, 1.165) is 34.7 Å². The van der Waals surface area contributed by atoms with Crippen LogP contribution in [-0.2, 0) is 11.2 Å². The Hall–Kier alpha value is -2.41. The van der Waals surface area contributed by atoms with Gasteiger partial charge in [0, 0.05) is 26.2 Å². The van der Waals surface area contributed by atoms with Gasteiger partial charge in [-0.05, 0) is 23.1 Å². The Morgan fingerprint density at radius 3 is 2.87 bits per heavy atom. The van der Waals surface area contributed by atoms with Crippen LogP contribution in [0.15, 0.2) is 40.8 Å². The first-order valence-corrected chi connectivity index (χ1v) is 8.41. The molecule has 0 spiro atoms. The van der Waals surface area contributed by atoms with Gasteiger partial charge in [0.15, 0.2) is 0 Å². The molecule has 4 rings (SSSR count). The second kappa shape index (κ2) is 6.00. The van der Waals surface area contributed by atoms with E-state index in [9.17, 15) is 4.79 Å². The molecule has 1 saturated heterocycles. The predicted molar refractivity (Wildman–Crippen MR) is 88.6 cm³/mol. The fourth-order valence-corrected chi connectivity index (χ4v) is 3.71. The van der Waals surface area contributed by atoms with Gasteiger partial charge in [0.25, 0.3) is 0 Å². The first-order valence-electron chi connectivity index (χ1n) is 7.53. The lowest BCUT2D eigenvalue weighted by Gasteiger charge is -2.35. The highest BCUT2D eigenvalue weighted by Crippen LogP contribution is 2.28. The molecule has 0 aromatic carbocycles. The van der Waals surface area contributed by atoms with Crippen molar-refractivity contribution in [1.82, 2.24) is 14.9 Å². The molecule has 0 N–H and O–H groups in total. The smallest absolute Gasteiger partial charge is 0.227 e. The van der Waals surface area contributed by atoms with Crippen LogP contribution in [0.25, 0.3) is 10.2 Å². The van der Waals surface area contributed by atoms with E-state index in [1.807, 2.05) is 22.4 Å². The van der Waals surface area contributed by atoms with Crippen LogP contribution in [0.3, 0.4) is 0 Å². The van der Waals surface area contributed by atoms with Crippen molar-refractivity contribution in [2.24, 2.45) is 0 Å². The van der Waals surface area contributed by atoms with Crippen molar-refractivity contribution >= 4 is 33.3 Å². The van der Waals surface area contributed by atoms with Gasteiger partial charge < -0.3 is 14.2 Å². The second-order valence-electron chi connectivity index (χ2n) is 5.51. The van der Waals surface area contributed by atoms with E-state index in [4.69, 9.17) is 4.42 Å². The van der Waals surface area contributed by atoms with E-state index < -0.39 is 0 Å². The molecule has 1 aliphatic heterocycles. The maximum absolute atomic E-state index is 12.3. The highest BCUT2D eigenvalue weighted by atomic mass is 32.1. The second-order valence-corrected chi connectivity index (χ2v) is 6.42. The average Bonchev–Trinajstić information content (AvgIpc) is 3.25. The lowest BCUT2D eigenvalue weighted by molar-refractivity contribution is -0.130. The van der Waals surface area contributed by atoms with E-state index in [0.29, 0.717) is 19.5 Å². The van der Waals surface area contributed by atoms with Gasteiger partial charge in [-0.3, -0.25) is 4.79 Å². The van der Waals surface area contributed by atoms with Crippen LogP contribution >= 0.6 is 11.3 Å². The number of anilines is 1. The number of piperazine rings is 1. The molecule has 118 valence electrons. The van der Waals surface area contributed by atoms with Gasteiger partial charge in [-0.2, -0.15) is 0 Å². The number of carbonyl (C=O) groups excluding carboxylic acids is 1. The Labute approximate surface area is 137 Å². The summed E-state index contributed by atoms with van der Waals surface area (Å²) in [6.07, 6.45) is 5.24. The maximum Gasteiger partial charge on any atom is 0.227 e. The molecule has 0 atom stereocenters. The van der Waals surface area contributed by atoms with Crippen molar-refractivity contribution < 1.29 is 9.21 Å². The van der Waals surface area contributed by atoms with E-state index in [1.165, 1.54) is 0 Å². The third-order valence-corrected chi connectivity index (χ3v) is 4.99. The Bertz CT molecular complexity index is 806. The number of amides is 1. The largest absolute Gasteiger partial charge is 0.472 e. The van der Waals surface area contributed by atoms with Gasteiger partial charge in [0.2, 0.25) is 5.91 Å². The summed E-state index contributed by atoms with van der Waals surface area (Å²) >= 11 is 1.66. The van der Waals surface area contributed by atoms with E-state index in [2.05, 4.69) is 14.9 Å². The van der Waals surface area contributed by atoms with Crippen molar-refractivity contribution in [3.8, 4) is 0 Å². The first-order chi connectivity index (χ1) is 11.3. The molecular formula is C16H16N4O2S. The van der Waals surface area contributed by atoms with Crippen LogP contribution in [0.4, 0.5) is 5.82 Å². The quantitative estimate of drug-likeness (QED) is 0.737. The van der Waals surface area contributed by atoms with Crippen molar-refractivity contribution in [3.63, 3.8) is 0 Å². The number of carbonyl (C=O) groups is 1. The summed E-state index contributed by atoms with van der Waals surface area (Å²) < 4.78 is 6.14. The fraction of sp³-hybridized carbons (Fsp3) is 0.312. The molecule has 23 heavy (non-hydrogen) atoms. The van der Waals surface area contributed by atoms with E-state index in [1.54, 1.807) is 30.2 Å². The van der Waals surface area contributed by atoms with Gasteiger partial charge in [-0.1, -0.05) is 0 Å². The Kier molecular flexibility index (Phi) is 3.70. The molecule has 3 aromatic rings. The van der Waals surface area contributed by atoms with Gasteiger partial charge in [0.1, 0.15) is 12.1 Å². The molecule has 0 radical (unpaired) electrons. The van der Waals surface area contributed by atoms with Gasteiger partial charge in [0.05, 0.1) is 29.2 Å². The van der Waals surface area contributed by atoms with Crippen molar-refractivity contribution in [3.05, 3.63) is 41.9 Å². The molecule has 7 heteroatoms. The molecule has 0 saturated carbocycles. The number of thiophene rings is 1. The average molecular weight is 328 g/mol. The van der Waals surface area contributed by atoms with Crippen molar-refractivity contribution in [1.29, 1.82) is 0 Å². The highest BCUT2D eigenvalue weighted by molar-refractivity contribution is 7.17.